The molecule has 2 rings (SSSR count). The molecule has 0 saturated heterocycles. The lowest BCUT2D eigenvalue weighted by atomic mass is 10.4. The number of rotatable bonds is 4. The van der Waals surface area contributed by atoms with Crippen LogP contribution >= 0.6 is 0 Å². The number of amides is 1. The second kappa shape index (κ2) is 5.12. The Kier molecular flexibility index (Phi) is 3.37. The fraction of sp³-hybridized carbons (Fsp3) is 0.100. The van der Waals surface area contributed by atoms with Crippen LogP contribution < -0.4 is 5.43 Å². The van der Waals surface area contributed by atoms with Crippen molar-refractivity contribution in [2.45, 2.75) is 6.92 Å². The summed E-state index contributed by atoms with van der Waals surface area (Å²) >= 11 is 0. The maximum absolute atomic E-state index is 11.5. The summed E-state index contributed by atoms with van der Waals surface area (Å²) in [5.41, 5.74) is 3.16. The number of hydrogen-bond acceptors (Lipinski definition) is 6. The van der Waals surface area contributed by atoms with Gasteiger partial charge in [0.25, 0.3) is 5.91 Å². The summed E-state index contributed by atoms with van der Waals surface area (Å²) in [6.45, 7) is 1.76. The predicted molar refractivity (Wildman–Crippen MR) is 63.7 cm³/mol. The summed E-state index contributed by atoms with van der Waals surface area (Å²) in [6, 6.07) is 4.12. The Bertz CT molecular complexity index is 642. The van der Waals surface area contributed by atoms with E-state index in [1.54, 1.807) is 13.0 Å². The minimum absolute atomic E-state index is 0.158. The lowest BCUT2D eigenvalue weighted by Gasteiger charge is -1.92. The zero-order valence-electron chi connectivity index (χ0n) is 9.78. The fourth-order valence-corrected chi connectivity index (χ4v) is 1.26. The number of H-pyrrole nitrogens is 1. The van der Waals surface area contributed by atoms with Crippen LogP contribution in [0.15, 0.2) is 27.7 Å². The predicted octanol–water partition coefficient (Wildman–Crippen LogP) is 0.983. The first-order valence-corrected chi connectivity index (χ1v) is 5.16. The Hall–Kier alpha value is -2.97. The Labute approximate surface area is 106 Å². The average molecular weight is 263 g/mol. The molecule has 2 heterocycles. The largest absolute Gasteiger partial charge is 0.433 e. The number of nitrogens with one attached hydrogen (secondary N) is 2. The van der Waals surface area contributed by atoms with E-state index in [9.17, 15) is 14.9 Å². The Morgan fingerprint density at radius 1 is 1.63 bits per heavy atom. The molecule has 98 valence electrons. The topological polar surface area (TPSA) is 126 Å². The van der Waals surface area contributed by atoms with Crippen LogP contribution in [0.2, 0.25) is 0 Å². The van der Waals surface area contributed by atoms with Crippen LogP contribution in [0.4, 0.5) is 5.88 Å². The van der Waals surface area contributed by atoms with Gasteiger partial charge in [-0.3, -0.25) is 20.0 Å². The Morgan fingerprint density at radius 3 is 3.00 bits per heavy atom. The van der Waals surface area contributed by atoms with Crippen molar-refractivity contribution in [2.75, 3.05) is 0 Å². The number of nitro groups is 1. The first-order chi connectivity index (χ1) is 9.06. The van der Waals surface area contributed by atoms with Gasteiger partial charge in [-0.1, -0.05) is 0 Å². The quantitative estimate of drug-likeness (QED) is 0.483. The third-order valence-corrected chi connectivity index (χ3v) is 2.09. The molecule has 0 spiro atoms. The highest BCUT2D eigenvalue weighted by atomic mass is 16.6. The van der Waals surface area contributed by atoms with Gasteiger partial charge in [-0.2, -0.15) is 10.2 Å². The SMILES string of the molecule is Cc1cc(C(=O)N/N=C\c2ccc([N+](=O)[O-])o2)n[nH]1. The molecule has 0 unspecified atom stereocenters. The molecular formula is C10H9N5O4. The van der Waals surface area contributed by atoms with E-state index in [1.165, 1.54) is 12.1 Å². The number of aryl methyl sites for hydroxylation is 1. The number of hydrogen-bond donors (Lipinski definition) is 2. The third-order valence-electron chi connectivity index (χ3n) is 2.09. The first-order valence-electron chi connectivity index (χ1n) is 5.16. The molecule has 2 aromatic heterocycles. The summed E-state index contributed by atoms with van der Waals surface area (Å²) in [6.07, 6.45) is 1.16. The molecule has 2 aromatic rings. The molecule has 0 aliphatic carbocycles. The molecule has 0 fully saturated rings. The molecular weight excluding hydrogens is 254 g/mol. The van der Waals surface area contributed by atoms with Crippen molar-refractivity contribution in [3.63, 3.8) is 0 Å². The van der Waals surface area contributed by atoms with E-state index in [2.05, 4.69) is 20.7 Å². The number of carbonyl (C=O) groups is 1. The van der Waals surface area contributed by atoms with Gasteiger partial charge in [-0.25, -0.2) is 5.43 Å². The number of hydrazone groups is 1. The average Bonchev–Trinajstić information content (AvgIpc) is 2.98. The van der Waals surface area contributed by atoms with Crippen LogP contribution in [-0.4, -0.2) is 27.2 Å². The van der Waals surface area contributed by atoms with Crippen molar-refractivity contribution in [1.82, 2.24) is 15.6 Å². The molecule has 19 heavy (non-hydrogen) atoms. The van der Waals surface area contributed by atoms with Crippen molar-refractivity contribution >= 4 is 18.0 Å². The van der Waals surface area contributed by atoms with Gasteiger partial charge in [0.15, 0.2) is 11.5 Å². The van der Waals surface area contributed by atoms with Crippen molar-refractivity contribution in [1.29, 1.82) is 0 Å². The van der Waals surface area contributed by atoms with E-state index >= 15 is 0 Å². The molecule has 1 amide bonds. The summed E-state index contributed by atoms with van der Waals surface area (Å²) in [4.78, 5) is 21.2. The van der Waals surface area contributed by atoms with Crippen molar-refractivity contribution in [3.8, 4) is 0 Å². The molecule has 0 atom stereocenters. The molecule has 9 heteroatoms. The molecule has 0 aromatic carbocycles. The normalized spacial score (nSPS) is 10.8. The summed E-state index contributed by atoms with van der Waals surface area (Å²) < 4.78 is 4.82. The van der Waals surface area contributed by atoms with E-state index in [0.29, 0.717) is 0 Å². The zero-order chi connectivity index (χ0) is 13.8. The lowest BCUT2D eigenvalue weighted by molar-refractivity contribution is -0.402. The Balaban J connectivity index is 1.96. The zero-order valence-corrected chi connectivity index (χ0v) is 9.78. The molecule has 0 aliphatic heterocycles. The van der Waals surface area contributed by atoms with E-state index in [1.807, 2.05) is 0 Å². The van der Waals surface area contributed by atoms with Crippen LogP contribution in [0.3, 0.4) is 0 Å². The number of aromatic nitrogens is 2. The smallest absolute Gasteiger partial charge is 0.400 e. The monoisotopic (exact) mass is 263 g/mol. The van der Waals surface area contributed by atoms with Gasteiger partial charge in [-0.05, 0) is 19.1 Å². The number of nitrogens with zero attached hydrogens (tertiary/aromatic N) is 3. The number of carbonyl (C=O) groups excluding carboxylic acids is 1. The molecule has 0 bridgehead atoms. The van der Waals surface area contributed by atoms with Gasteiger partial charge in [0.05, 0.1) is 12.3 Å². The lowest BCUT2D eigenvalue weighted by Crippen LogP contribution is -2.17. The van der Waals surface area contributed by atoms with Gasteiger partial charge in [0.2, 0.25) is 0 Å². The third kappa shape index (κ3) is 3.03. The van der Waals surface area contributed by atoms with E-state index in [4.69, 9.17) is 4.42 Å². The highest BCUT2D eigenvalue weighted by Gasteiger charge is 2.11. The number of furan rings is 1. The van der Waals surface area contributed by atoms with Gasteiger partial charge >= 0.3 is 5.88 Å². The second-order valence-corrected chi connectivity index (χ2v) is 3.57. The summed E-state index contributed by atoms with van der Waals surface area (Å²) in [5, 5.41) is 20.3. The van der Waals surface area contributed by atoms with Crippen LogP contribution in [0.25, 0.3) is 0 Å². The maximum Gasteiger partial charge on any atom is 0.433 e. The van der Waals surface area contributed by atoms with Gasteiger partial charge < -0.3 is 4.42 Å². The minimum atomic E-state index is -0.664. The highest BCUT2D eigenvalue weighted by Crippen LogP contribution is 2.13. The van der Waals surface area contributed by atoms with Gasteiger partial charge in [-0.15, -0.1) is 0 Å². The van der Waals surface area contributed by atoms with Crippen LogP contribution in [0, 0.1) is 17.0 Å². The second-order valence-electron chi connectivity index (χ2n) is 3.57. The Morgan fingerprint density at radius 2 is 2.42 bits per heavy atom. The molecule has 0 saturated carbocycles. The molecule has 0 aliphatic rings. The maximum atomic E-state index is 11.5. The minimum Gasteiger partial charge on any atom is -0.400 e. The highest BCUT2D eigenvalue weighted by molar-refractivity contribution is 5.92. The van der Waals surface area contributed by atoms with Gasteiger partial charge in [0, 0.05) is 5.69 Å². The molecule has 9 nitrogen and oxygen atoms in total. The standard InChI is InChI=1S/C10H9N5O4/c1-6-4-8(13-12-6)10(16)14-11-5-7-2-3-9(19-7)15(17)18/h2-5H,1H3,(H,12,13)(H,14,16)/b11-5-. The fourth-order valence-electron chi connectivity index (χ4n) is 1.26. The molecule has 0 radical (unpaired) electrons. The van der Waals surface area contributed by atoms with E-state index < -0.39 is 16.7 Å². The van der Waals surface area contributed by atoms with E-state index in [-0.39, 0.29) is 11.5 Å². The van der Waals surface area contributed by atoms with Crippen LogP contribution in [-0.2, 0) is 0 Å². The van der Waals surface area contributed by atoms with Gasteiger partial charge in [0.1, 0.15) is 4.92 Å². The van der Waals surface area contributed by atoms with Crippen molar-refractivity contribution in [3.05, 3.63) is 45.5 Å². The molecule has 2 N–H and O–H groups in total. The summed E-state index contributed by atoms with van der Waals surface area (Å²) in [5.74, 6) is -0.734. The summed E-state index contributed by atoms with van der Waals surface area (Å²) in [7, 11) is 0. The number of aromatic amines is 1. The van der Waals surface area contributed by atoms with E-state index in [0.717, 1.165) is 11.9 Å². The van der Waals surface area contributed by atoms with Crippen LogP contribution in [0.5, 0.6) is 0 Å². The van der Waals surface area contributed by atoms with Crippen molar-refractivity contribution < 1.29 is 14.1 Å². The first kappa shape index (κ1) is 12.5. The van der Waals surface area contributed by atoms with Crippen LogP contribution in [0.1, 0.15) is 21.9 Å². The van der Waals surface area contributed by atoms with Crippen molar-refractivity contribution in [2.24, 2.45) is 5.10 Å².